The first-order valence-electron chi connectivity index (χ1n) is 11.0. The second kappa shape index (κ2) is 12.4. The molecule has 0 aliphatic carbocycles. The molecule has 2 aliphatic rings. The van der Waals surface area contributed by atoms with Gasteiger partial charge in [0.2, 0.25) is 5.91 Å². The van der Waals surface area contributed by atoms with Crippen molar-refractivity contribution >= 4 is 17.6 Å². The predicted molar refractivity (Wildman–Crippen MR) is 119 cm³/mol. The number of nitrogens with one attached hydrogen (secondary N) is 2. The maximum absolute atomic E-state index is 12.5. The fourth-order valence-corrected chi connectivity index (χ4v) is 3.69. The molecule has 0 bridgehead atoms. The fourth-order valence-electron chi connectivity index (χ4n) is 3.69. The van der Waals surface area contributed by atoms with Crippen LogP contribution in [0, 0.1) is 0 Å². The maximum atomic E-state index is 12.5. The number of hydrogen-bond donors (Lipinski definition) is 2. The van der Waals surface area contributed by atoms with Crippen LogP contribution in [0.4, 0.5) is 5.69 Å². The summed E-state index contributed by atoms with van der Waals surface area (Å²) in [5.41, 5.74) is 1.23. The van der Waals surface area contributed by atoms with Gasteiger partial charge in [0.15, 0.2) is 5.96 Å². The lowest BCUT2D eigenvalue weighted by atomic mass is 10.2. The lowest BCUT2D eigenvalue weighted by Gasteiger charge is -2.36. The molecule has 0 saturated carbocycles. The second-order valence-electron chi connectivity index (χ2n) is 7.59. The van der Waals surface area contributed by atoms with E-state index in [0.717, 1.165) is 58.1 Å². The van der Waals surface area contributed by atoms with Crippen LogP contribution < -0.4 is 15.5 Å². The number of nitrogens with zero attached hydrogens (tertiary/aromatic N) is 3. The molecule has 2 saturated heterocycles. The van der Waals surface area contributed by atoms with Crippen LogP contribution in [0.3, 0.4) is 0 Å². The molecule has 1 aromatic rings. The van der Waals surface area contributed by atoms with Crippen molar-refractivity contribution in [2.75, 3.05) is 71.0 Å². The van der Waals surface area contributed by atoms with E-state index in [4.69, 9.17) is 9.47 Å². The van der Waals surface area contributed by atoms with E-state index in [-0.39, 0.29) is 12.0 Å². The van der Waals surface area contributed by atoms with Crippen molar-refractivity contribution in [3.05, 3.63) is 30.3 Å². The number of guanidine groups is 1. The SMILES string of the molecule is CN=C(NCCCOC1CCOC1)NCCC(=O)N1CCN(c2ccccc2)CC1. The number of piperazine rings is 1. The Kier molecular flexibility index (Phi) is 9.24. The number of anilines is 1. The van der Waals surface area contributed by atoms with Crippen LogP contribution in [0.2, 0.25) is 0 Å². The first kappa shape index (κ1) is 22.4. The zero-order valence-electron chi connectivity index (χ0n) is 18.0. The van der Waals surface area contributed by atoms with E-state index in [1.807, 2.05) is 11.0 Å². The van der Waals surface area contributed by atoms with Crippen LogP contribution in [-0.2, 0) is 14.3 Å². The van der Waals surface area contributed by atoms with Crippen molar-refractivity contribution in [2.45, 2.75) is 25.4 Å². The van der Waals surface area contributed by atoms with Gasteiger partial charge in [-0.3, -0.25) is 9.79 Å². The molecule has 166 valence electrons. The summed E-state index contributed by atoms with van der Waals surface area (Å²) in [6, 6.07) is 10.4. The molecule has 0 radical (unpaired) electrons. The highest BCUT2D eigenvalue weighted by Crippen LogP contribution is 2.15. The Hall–Kier alpha value is -2.32. The van der Waals surface area contributed by atoms with Gasteiger partial charge in [-0.05, 0) is 25.0 Å². The van der Waals surface area contributed by atoms with Crippen molar-refractivity contribution in [3.8, 4) is 0 Å². The molecule has 1 amide bonds. The monoisotopic (exact) mass is 417 g/mol. The van der Waals surface area contributed by atoms with Gasteiger partial charge in [-0.1, -0.05) is 18.2 Å². The minimum Gasteiger partial charge on any atom is -0.379 e. The van der Waals surface area contributed by atoms with Gasteiger partial charge in [0.05, 0.1) is 12.7 Å². The van der Waals surface area contributed by atoms with Crippen molar-refractivity contribution in [3.63, 3.8) is 0 Å². The molecule has 1 aromatic carbocycles. The summed E-state index contributed by atoms with van der Waals surface area (Å²) in [4.78, 5) is 21.0. The number of carbonyl (C=O) groups is 1. The fraction of sp³-hybridized carbons (Fsp3) is 0.636. The molecule has 2 heterocycles. The first-order chi connectivity index (χ1) is 14.8. The number of amides is 1. The smallest absolute Gasteiger partial charge is 0.224 e. The third kappa shape index (κ3) is 7.18. The molecule has 0 spiro atoms. The summed E-state index contributed by atoms with van der Waals surface area (Å²) in [6.45, 7) is 6.89. The predicted octanol–water partition coefficient (Wildman–Crippen LogP) is 1.09. The summed E-state index contributed by atoms with van der Waals surface area (Å²) < 4.78 is 11.1. The standard InChI is InChI=1S/C22H35N5O3/c1-23-22(24-10-5-16-30-20-9-17-29-18-20)25-11-8-21(28)27-14-12-26(13-15-27)19-6-3-2-4-7-19/h2-4,6-7,20H,5,8-18H2,1H3,(H2,23,24,25). The van der Waals surface area contributed by atoms with Crippen LogP contribution in [0.15, 0.2) is 35.3 Å². The van der Waals surface area contributed by atoms with Crippen LogP contribution >= 0.6 is 0 Å². The van der Waals surface area contributed by atoms with Crippen LogP contribution in [0.25, 0.3) is 0 Å². The van der Waals surface area contributed by atoms with Gasteiger partial charge in [-0.25, -0.2) is 0 Å². The number of carbonyl (C=O) groups excluding carboxylic acids is 1. The van der Waals surface area contributed by atoms with Crippen LogP contribution in [0.1, 0.15) is 19.3 Å². The van der Waals surface area contributed by atoms with E-state index in [0.29, 0.717) is 26.2 Å². The highest BCUT2D eigenvalue weighted by Gasteiger charge is 2.21. The molecule has 1 atom stereocenters. The third-order valence-corrected chi connectivity index (χ3v) is 5.46. The molecule has 2 fully saturated rings. The average molecular weight is 418 g/mol. The van der Waals surface area contributed by atoms with E-state index in [9.17, 15) is 4.79 Å². The molecular formula is C22H35N5O3. The number of benzene rings is 1. The Morgan fingerprint density at radius 2 is 1.93 bits per heavy atom. The minimum atomic E-state index is 0.192. The van der Waals surface area contributed by atoms with Crippen molar-refractivity contribution in [2.24, 2.45) is 4.99 Å². The summed E-state index contributed by atoms with van der Waals surface area (Å²) in [5.74, 6) is 0.916. The van der Waals surface area contributed by atoms with E-state index in [1.165, 1.54) is 5.69 Å². The van der Waals surface area contributed by atoms with E-state index >= 15 is 0 Å². The van der Waals surface area contributed by atoms with Gasteiger partial charge in [-0.2, -0.15) is 0 Å². The molecule has 30 heavy (non-hydrogen) atoms. The summed E-state index contributed by atoms with van der Waals surface area (Å²) in [5, 5.41) is 6.49. The Bertz CT molecular complexity index is 656. The number of hydrogen-bond acceptors (Lipinski definition) is 5. The number of rotatable bonds is 9. The Morgan fingerprint density at radius 1 is 1.17 bits per heavy atom. The molecule has 2 N–H and O–H groups in total. The molecule has 2 aliphatic heterocycles. The largest absolute Gasteiger partial charge is 0.379 e. The molecule has 1 unspecified atom stereocenters. The maximum Gasteiger partial charge on any atom is 0.224 e. The lowest BCUT2D eigenvalue weighted by molar-refractivity contribution is -0.131. The number of ether oxygens (including phenoxy) is 2. The van der Waals surface area contributed by atoms with Crippen LogP contribution in [-0.4, -0.2) is 89.0 Å². The zero-order valence-corrected chi connectivity index (χ0v) is 18.0. The second-order valence-corrected chi connectivity index (χ2v) is 7.59. The molecule has 8 nitrogen and oxygen atoms in total. The third-order valence-electron chi connectivity index (χ3n) is 5.46. The highest BCUT2D eigenvalue weighted by atomic mass is 16.5. The summed E-state index contributed by atoms with van der Waals surface area (Å²) in [6.07, 6.45) is 2.62. The van der Waals surface area contributed by atoms with Gasteiger partial charge < -0.3 is 29.9 Å². The quantitative estimate of drug-likeness (QED) is 0.356. The Morgan fingerprint density at radius 3 is 2.63 bits per heavy atom. The molecule has 0 aromatic heterocycles. The van der Waals surface area contributed by atoms with Crippen molar-refractivity contribution in [1.29, 1.82) is 0 Å². The summed E-state index contributed by atoms with van der Waals surface area (Å²) in [7, 11) is 1.74. The zero-order chi connectivity index (χ0) is 21.0. The van der Waals surface area contributed by atoms with E-state index in [1.54, 1.807) is 7.05 Å². The number of aliphatic imine (C=N–C) groups is 1. The van der Waals surface area contributed by atoms with Gasteiger partial charge >= 0.3 is 0 Å². The molecule has 3 rings (SSSR count). The topological polar surface area (TPSA) is 78.4 Å². The van der Waals surface area contributed by atoms with E-state index < -0.39 is 0 Å². The summed E-state index contributed by atoms with van der Waals surface area (Å²) >= 11 is 0. The number of para-hydroxylation sites is 1. The Labute approximate surface area is 179 Å². The average Bonchev–Trinajstić information content (AvgIpc) is 3.32. The first-order valence-corrected chi connectivity index (χ1v) is 11.0. The van der Waals surface area contributed by atoms with Gasteiger partial charge in [0, 0.05) is 71.6 Å². The molecule has 8 heteroatoms. The van der Waals surface area contributed by atoms with Gasteiger partial charge in [0.25, 0.3) is 0 Å². The minimum absolute atomic E-state index is 0.192. The lowest BCUT2D eigenvalue weighted by Crippen LogP contribution is -2.49. The van der Waals surface area contributed by atoms with Gasteiger partial charge in [0.1, 0.15) is 0 Å². The van der Waals surface area contributed by atoms with Crippen molar-refractivity contribution < 1.29 is 14.3 Å². The molecular weight excluding hydrogens is 382 g/mol. The van der Waals surface area contributed by atoms with E-state index in [2.05, 4.69) is 44.8 Å². The van der Waals surface area contributed by atoms with Gasteiger partial charge in [-0.15, -0.1) is 0 Å². The highest BCUT2D eigenvalue weighted by molar-refractivity contribution is 5.81. The van der Waals surface area contributed by atoms with Crippen molar-refractivity contribution in [1.82, 2.24) is 15.5 Å². The normalized spacial score (nSPS) is 19.8. The van der Waals surface area contributed by atoms with Crippen LogP contribution in [0.5, 0.6) is 0 Å². The Balaban J connectivity index is 1.25.